The van der Waals surface area contributed by atoms with Gasteiger partial charge in [-0.1, -0.05) is 110 Å². The largest absolute Gasteiger partial charge is 0.563 e. The molecule has 0 aromatic heterocycles. The lowest BCUT2D eigenvalue weighted by molar-refractivity contribution is 0.173. The first kappa shape index (κ1) is 21.2. The monoisotopic (exact) mass is 464 g/mol. The molecule has 2 nitrogen and oxygen atoms in total. The predicted molar refractivity (Wildman–Crippen MR) is 150 cm³/mol. The normalized spacial score (nSPS) is 15.3. The Morgan fingerprint density at radius 1 is 0.611 bits per heavy atom. The van der Waals surface area contributed by atoms with Crippen LogP contribution in [-0.4, -0.2) is 12.7 Å². The molecule has 36 heavy (non-hydrogen) atoms. The van der Waals surface area contributed by atoms with E-state index in [0.29, 0.717) is 5.76 Å². The van der Waals surface area contributed by atoms with Crippen LogP contribution in [0.15, 0.2) is 115 Å². The molecular weight excluding hydrogens is 439 g/mol. The molecule has 1 saturated heterocycles. The Balaban J connectivity index is 1.53. The Morgan fingerprint density at radius 3 is 1.72 bits per heavy atom. The zero-order valence-electron chi connectivity index (χ0n) is 20.4. The van der Waals surface area contributed by atoms with Crippen molar-refractivity contribution in [2.45, 2.75) is 19.4 Å². The Kier molecular flexibility index (Phi) is 4.55. The van der Waals surface area contributed by atoms with E-state index in [2.05, 4.69) is 110 Å². The molecule has 0 radical (unpaired) electrons. The van der Waals surface area contributed by atoms with Crippen molar-refractivity contribution in [2.24, 2.45) is 0 Å². The van der Waals surface area contributed by atoms with E-state index in [9.17, 15) is 0 Å². The molecule has 5 aromatic rings. The molecule has 0 bridgehead atoms. The minimum absolute atomic E-state index is 0.470. The molecule has 0 N–H and O–H groups in total. The van der Waals surface area contributed by atoms with Crippen LogP contribution in [0.25, 0.3) is 55.3 Å². The average molecular weight is 464 g/mol. The molecule has 0 amide bonds. The van der Waals surface area contributed by atoms with E-state index in [1.54, 1.807) is 0 Å². The molecule has 0 spiro atoms. The number of hydrogen-bond acceptors (Lipinski definition) is 2. The summed E-state index contributed by atoms with van der Waals surface area (Å²) in [5.41, 5.74) is 10.6. The van der Waals surface area contributed by atoms with Crippen molar-refractivity contribution in [1.82, 2.24) is 0 Å². The van der Waals surface area contributed by atoms with Gasteiger partial charge >= 0.3 is 7.12 Å². The fourth-order valence-corrected chi connectivity index (χ4v) is 5.69. The number of hydrogen-bond donors (Lipinski definition) is 0. The Bertz CT molecular complexity index is 1600. The lowest BCUT2D eigenvalue weighted by Crippen LogP contribution is -2.35. The van der Waals surface area contributed by atoms with Crippen LogP contribution in [-0.2, 0) is 9.31 Å². The van der Waals surface area contributed by atoms with Gasteiger partial charge in [-0.3, -0.25) is 0 Å². The molecule has 3 heteroatoms. The lowest BCUT2D eigenvalue weighted by Gasteiger charge is -2.16. The highest BCUT2D eigenvalue weighted by atomic mass is 16.7. The lowest BCUT2D eigenvalue weighted by atomic mass is 9.75. The van der Waals surface area contributed by atoms with Gasteiger partial charge in [-0.2, -0.15) is 0 Å². The van der Waals surface area contributed by atoms with Crippen LogP contribution < -0.4 is 5.46 Å². The van der Waals surface area contributed by atoms with E-state index in [0.717, 1.165) is 10.8 Å². The summed E-state index contributed by atoms with van der Waals surface area (Å²) in [6.07, 6.45) is 0. The summed E-state index contributed by atoms with van der Waals surface area (Å²) in [5.74, 6) is 0.664. The van der Waals surface area contributed by atoms with Crippen molar-refractivity contribution in [3.63, 3.8) is 0 Å². The van der Waals surface area contributed by atoms with Gasteiger partial charge in [-0.25, -0.2) is 0 Å². The summed E-state index contributed by atoms with van der Waals surface area (Å²) in [7, 11) is -0.470. The Morgan fingerprint density at radius 2 is 1.17 bits per heavy atom. The minimum Gasteiger partial charge on any atom is -0.534 e. The molecule has 1 heterocycles. The summed E-state index contributed by atoms with van der Waals surface area (Å²) in [6.45, 7) is 8.09. The van der Waals surface area contributed by atoms with Crippen LogP contribution in [0, 0.1) is 0 Å². The fourth-order valence-electron chi connectivity index (χ4n) is 5.69. The van der Waals surface area contributed by atoms with E-state index < -0.39 is 12.7 Å². The minimum atomic E-state index is -0.516. The molecular formula is C33H25BO2. The van der Waals surface area contributed by atoms with E-state index >= 15 is 0 Å². The van der Waals surface area contributed by atoms with Gasteiger partial charge in [0.05, 0.1) is 5.76 Å². The maximum atomic E-state index is 6.30. The molecule has 0 saturated carbocycles. The van der Waals surface area contributed by atoms with Crippen LogP contribution >= 0.6 is 0 Å². The zero-order valence-corrected chi connectivity index (χ0v) is 20.4. The smallest absolute Gasteiger partial charge is 0.534 e. The topological polar surface area (TPSA) is 18.5 Å². The highest BCUT2D eigenvalue weighted by molar-refractivity contribution is 6.65. The van der Waals surface area contributed by atoms with Gasteiger partial charge in [-0.15, -0.1) is 0 Å². The van der Waals surface area contributed by atoms with Gasteiger partial charge in [0.2, 0.25) is 0 Å². The summed E-state index contributed by atoms with van der Waals surface area (Å²) < 4.78 is 12.4. The molecule has 5 aromatic carbocycles. The van der Waals surface area contributed by atoms with Crippen LogP contribution in [0.2, 0.25) is 0 Å². The van der Waals surface area contributed by atoms with Crippen LogP contribution in [0.4, 0.5) is 0 Å². The quantitative estimate of drug-likeness (QED) is 0.248. The van der Waals surface area contributed by atoms with Crippen molar-refractivity contribution < 1.29 is 9.31 Å². The van der Waals surface area contributed by atoms with E-state index in [1.165, 1.54) is 49.9 Å². The van der Waals surface area contributed by atoms with E-state index in [4.69, 9.17) is 9.31 Å². The molecule has 0 atom stereocenters. The van der Waals surface area contributed by atoms with Crippen LogP contribution in [0.3, 0.4) is 0 Å². The first-order valence-corrected chi connectivity index (χ1v) is 12.4. The van der Waals surface area contributed by atoms with Crippen molar-refractivity contribution in [2.75, 3.05) is 0 Å². The molecule has 1 aliphatic carbocycles. The number of fused-ring (bicyclic) bond motifs is 3. The third kappa shape index (κ3) is 3.03. The van der Waals surface area contributed by atoms with Gasteiger partial charge in [-0.05, 0) is 69.1 Å². The van der Waals surface area contributed by atoms with E-state index in [1.807, 2.05) is 13.8 Å². The zero-order chi connectivity index (χ0) is 24.4. The molecule has 1 fully saturated rings. The van der Waals surface area contributed by atoms with Crippen LogP contribution in [0.1, 0.15) is 13.8 Å². The Hall–Kier alpha value is -4.08. The SMILES string of the molecule is C=C1OB(c2ccc3c4c(cccc24)-c2c(-c4ccccc4)ccc(-c4ccccc4)c2-3)OC1(C)C. The molecule has 7 rings (SSSR count). The van der Waals surface area contributed by atoms with Gasteiger partial charge in [0.25, 0.3) is 0 Å². The Labute approximate surface area is 212 Å². The second-order valence-electron chi connectivity index (χ2n) is 10.1. The first-order valence-electron chi connectivity index (χ1n) is 12.4. The first-order chi connectivity index (χ1) is 17.5. The van der Waals surface area contributed by atoms with Crippen LogP contribution in [0.5, 0.6) is 0 Å². The highest BCUT2D eigenvalue weighted by Gasteiger charge is 2.44. The fraction of sp³-hybridized carbons (Fsp3) is 0.0909. The maximum absolute atomic E-state index is 6.30. The molecule has 2 aliphatic rings. The van der Waals surface area contributed by atoms with E-state index in [-0.39, 0.29) is 0 Å². The number of rotatable bonds is 3. The van der Waals surface area contributed by atoms with Crippen molar-refractivity contribution in [3.8, 4) is 44.5 Å². The van der Waals surface area contributed by atoms with Crippen molar-refractivity contribution >= 4 is 23.4 Å². The van der Waals surface area contributed by atoms with Gasteiger partial charge < -0.3 is 9.31 Å². The summed E-state index contributed by atoms with van der Waals surface area (Å²) in [6, 6.07) is 36.9. The molecule has 172 valence electrons. The second kappa shape index (κ2) is 7.71. The predicted octanol–water partition coefficient (Wildman–Crippen LogP) is 7.86. The summed E-state index contributed by atoms with van der Waals surface area (Å²) in [4.78, 5) is 0. The average Bonchev–Trinajstić information content (AvgIpc) is 3.39. The van der Waals surface area contributed by atoms with Gasteiger partial charge in [0, 0.05) is 5.46 Å². The molecule has 1 aliphatic heterocycles. The standard InChI is InChI=1S/C33H25BO2/c1-21-33(2,3)36-34(35-21)29-20-19-28-30-26(29)15-10-16-27(30)31-24(22-11-6-4-7-12-22)17-18-25(32(28)31)23-13-8-5-9-14-23/h4-20H,1H2,2-3H3. The molecule has 0 unspecified atom stereocenters. The number of benzene rings is 5. The summed E-state index contributed by atoms with van der Waals surface area (Å²) in [5, 5.41) is 2.42. The second-order valence-corrected chi connectivity index (χ2v) is 10.1. The highest BCUT2D eigenvalue weighted by Crippen LogP contribution is 2.54. The van der Waals surface area contributed by atoms with Gasteiger partial charge in [0.1, 0.15) is 5.60 Å². The summed E-state index contributed by atoms with van der Waals surface area (Å²) >= 11 is 0. The third-order valence-electron chi connectivity index (χ3n) is 7.56. The van der Waals surface area contributed by atoms with Crippen molar-refractivity contribution in [3.05, 3.63) is 115 Å². The third-order valence-corrected chi connectivity index (χ3v) is 7.56. The van der Waals surface area contributed by atoms with Gasteiger partial charge in [0.15, 0.2) is 0 Å². The van der Waals surface area contributed by atoms with Crippen molar-refractivity contribution in [1.29, 1.82) is 0 Å². The maximum Gasteiger partial charge on any atom is 0.563 e.